The largest absolute Gasteiger partial charge is 0.374 e. The van der Waals surface area contributed by atoms with Gasteiger partial charge < -0.3 is 10.2 Å². The molecule has 1 aromatic rings. The van der Waals surface area contributed by atoms with Crippen LogP contribution in [0.15, 0.2) is 0 Å². The summed E-state index contributed by atoms with van der Waals surface area (Å²) < 4.78 is 4.10. The summed E-state index contributed by atoms with van der Waals surface area (Å²) in [5.41, 5.74) is 1.11. The van der Waals surface area contributed by atoms with Gasteiger partial charge >= 0.3 is 0 Å². The highest BCUT2D eigenvalue weighted by atomic mass is 32.1. The van der Waals surface area contributed by atoms with Gasteiger partial charge in [0.25, 0.3) is 0 Å². The molecular weight excluding hydrogens is 258 g/mol. The lowest BCUT2D eigenvalue weighted by atomic mass is 10.2. The maximum Gasteiger partial charge on any atom is 0.134 e. The van der Waals surface area contributed by atoms with Crippen molar-refractivity contribution < 1.29 is 0 Å². The summed E-state index contributed by atoms with van der Waals surface area (Å²) in [6.07, 6.45) is 2.36. The third kappa shape index (κ3) is 4.12. The standard InChI is InChI=1S/C13H25N5S/c1-4-6-14-13-12(15-16-19-13)10-18-8-5-7-17(3)9-11(18)2/h11,14H,4-10H2,1-3H3. The van der Waals surface area contributed by atoms with Crippen LogP contribution < -0.4 is 5.32 Å². The van der Waals surface area contributed by atoms with E-state index in [1.807, 2.05) is 0 Å². The van der Waals surface area contributed by atoms with Crippen molar-refractivity contribution in [1.82, 2.24) is 19.4 Å². The van der Waals surface area contributed by atoms with Gasteiger partial charge in [-0.25, -0.2) is 0 Å². The van der Waals surface area contributed by atoms with Crippen LogP contribution in [0.5, 0.6) is 0 Å². The lowest BCUT2D eigenvalue weighted by Gasteiger charge is -2.27. The highest BCUT2D eigenvalue weighted by molar-refractivity contribution is 7.10. The zero-order chi connectivity index (χ0) is 13.7. The Kier molecular flexibility index (Phi) is 5.54. The number of hydrogen-bond donors (Lipinski definition) is 1. The Labute approximate surface area is 120 Å². The van der Waals surface area contributed by atoms with Gasteiger partial charge in [0.15, 0.2) is 0 Å². The minimum absolute atomic E-state index is 0.577. The second-order valence-corrected chi connectivity index (χ2v) is 6.16. The molecule has 1 aliphatic rings. The molecule has 0 aromatic carbocycles. The molecule has 0 bridgehead atoms. The van der Waals surface area contributed by atoms with Crippen LogP contribution >= 0.6 is 11.5 Å². The fraction of sp³-hybridized carbons (Fsp3) is 0.846. The molecule has 1 aromatic heterocycles. The first-order valence-corrected chi connectivity index (χ1v) is 7.95. The fourth-order valence-corrected chi connectivity index (χ4v) is 3.13. The summed E-state index contributed by atoms with van der Waals surface area (Å²) in [5, 5.41) is 8.87. The van der Waals surface area contributed by atoms with Crippen molar-refractivity contribution in [1.29, 1.82) is 0 Å². The number of aromatic nitrogens is 2. The van der Waals surface area contributed by atoms with Gasteiger partial charge in [0.2, 0.25) is 0 Å². The second-order valence-electron chi connectivity index (χ2n) is 5.41. The van der Waals surface area contributed by atoms with Gasteiger partial charge in [-0.05, 0) is 33.4 Å². The molecule has 0 amide bonds. The van der Waals surface area contributed by atoms with Gasteiger partial charge in [-0.15, -0.1) is 5.10 Å². The maximum absolute atomic E-state index is 4.30. The van der Waals surface area contributed by atoms with Gasteiger partial charge in [0, 0.05) is 43.8 Å². The van der Waals surface area contributed by atoms with E-state index in [0.717, 1.165) is 43.3 Å². The predicted octanol–water partition coefficient (Wildman–Crippen LogP) is 1.89. The number of hydrogen-bond acceptors (Lipinski definition) is 6. The average molecular weight is 283 g/mol. The minimum Gasteiger partial charge on any atom is -0.374 e. The molecule has 0 radical (unpaired) electrons. The first-order valence-electron chi connectivity index (χ1n) is 7.18. The van der Waals surface area contributed by atoms with Crippen LogP contribution in [0, 0.1) is 0 Å². The molecule has 1 unspecified atom stereocenters. The molecule has 0 aliphatic carbocycles. The molecule has 0 saturated carbocycles. The van der Waals surface area contributed by atoms with E-state index in [2.05, 4.69) is 45.6 Å². The molecule has 0 spiro atoms. The van der Waals surface area contributed by atoms with Gasteiger partial charge in [-0.1, -0.05) is 11.4 Å². The van der Waals surface area contributed by atoms with E-state index < -0.39 is 0 Å². The van der Waals surface area contributed by atoms with Crippen LogP contribution in [-0.2, 0) is 6.54 Å². The zero-order valence-corrected chi connectivity index (χ0v) is 13.0. The van der Waals surface area contributed by atoms with Crippen LogP contribution in [0.3, 0.4) is 0 Å². The molecule has 1 N–H and O–H groups in total. The smallest absolute Gasteiger partial charge is 0.134 e. The summed E-state index contributed by atoms with van der Waals surface area (Å²) in [4.78, 5) is 4.94. The first kappa shape index (κ1) is 14.7. The quantitative estimate of drug-likeness (QED) is 0.894. The van der Waals surface area contributed by atoms with E-state index in [1.54, 1.807) is 0 Å². The number of rotatable bonds is 5. The van der Waals surface area contributed by atoms with Crippen molar-refractivity contribution in [3.8, 4) is 0 Å². The van der Waals surface area contributed by atoms with E-state index in [-0.39, 0.29) is 0 Å². The van der Waals surface area contributed by atoms with Crippen LogP contribution in [0.2, 0.25) is 0 Å². The van der Waals surface area contributed by atoms with Gasteiger partial charge in [0.05, 0.1) is 0 Å². The molecule has 19 heavy (non-hydrogen) atoms. The fourth-order valence-electron chi connectivity index (χ4n) is 2.53. The van der Waals surface area contributed by atoms with E-state index in [4.69, 9.17) is 0 Å². The van der Waals surface area contributed by atoms with Crippen molar-refractivity contribution >= 4 is 16.5 Å². The van der Waals surface area contributed by atoms with Crippen LogP contribution in [-0.4, -0.2) is 58.7 Å². The van der Waals surface area contributed by atoms with E-state index >= 15 is 0 Å². The number of nitrogens with zero attached hydrogens (tertiary/aromatic N) is 4. The molecule has 2 heterocycles. The van der Waals surface area contributed by atoms with Gasteiger partial charge in [0.1, 0.15) is 10.7 Å². The van der Waals surface area contributed by atoms with Crippen molar-refractivity contribution in [2.45, 2.75) is 39.3 Å². The Morgan fingerprint density at radius 2 is 2.26 bits per heavy atom. The van der Waals surface area contributed by atoms with Crippen molar-refractivity contribution in [2.75, 3.05) is 38.5 Å². The molecule has 1 fully saturated rings. The summed E-state index contributed by atoms with van der Waals surface area (Å²) >= 11 is 1.48. The maximum atomic E-state index is 4.30. The monoisotopic (exact) mass is 283 g/mol. The molecule has 1 saturated heterocycles. The number of nitrogens with one attached hydrogen (secondary N) is 1. The second kappa shape index (κ2) is 7.17. The molecule has 1 aliphatic heterocycles. The third-order valence-corrected chi connectivity index (χ3v) is 4.35. The molecule has 5 nitrogen and oxygen atoms in total. The minimum atomic E-state index is 0.577. The van der Waals surface area contributed by atoms with Crippen molar-refractivity contribution in [3.63, 3.8) is 0 Å². The first-order chi connectivity index (χ1) is 9.20. The lowest BCUT2D eigenvalue weighted by Crippen LogP contribution is -2.37. The number of anilines is 1. The third-order valence-electron chi connectivity index (χ3n) is 3.63. The number of likely N-dealkylation sites (N-methyl/N-ethyl adjacent to an activating group) is 1. The van der Waals surface area contributed by atoms with Crippen LogP contribution in [0.1, 0.15) is 32.4 Å². The van der Waals surface area contributed by atoms with Crippen molar-refractivity contribution in [3.05, 3.63) is 5.69 Å². The molecule has 1 atom stereocenters. The molecule has 2 rings (SSSR count). The zero-order valence-electron chi connectivity index (χ0n) is 12.2. The highest BCUT2D eigenvalue weighted by Crippen LogP contribution is 2.21. The Morgan fingerprint density at radius 1 is 1.42 bits per heavy atom. The predicted molar refractivity (Wildman–Crippen MR) is 80.7 cm³/mol. The summed E-state index contributed by atoms with van der Waals surface area (Å²) in [6.45, 7) is 9.87. The summed E-state index contributed by atoms with van der Waals surface area (Å²) in [6, 6.07) is 0.577. The summed E-state index contributed by atoms with van der Waals surface area (Å²) in [7, 11) is 2.21. The Morgan fingerprint density at radius 3 is 3.05 bits per heavy atom. The van der Waals surface area contributed by atoms with Crippen LogP contribution in [0.4, 0.5) is 5.00 Å². The normalized spacial score (nSPS) is 22.4. The Bertz CT molecular complexity index is 381. The SMILES string of the molecule is CCCNc1snnc1CN1CCCN(C)CC1C. The topological polar surface area (TPSA) is 44.3 Å². The lowest BCUT2D eigenvalue weighted by molar-refractivity contribution is 0.193. The van der Waals surface area contributed by atoms with Crippen LogP contribution in [0.25, 0.3) is 0 Å². The van der Waals surface area contributed by atoms with Crippen molar-refractivity contribution in [2.24, 2.45) is 0 Å². The van der Waals surface area contributed by atoms with Gasteiger partial charge in [-0.2, -0.15) is 0 Å². The average Bonchev–Trinajstić information content (AvgIpc) is 2.75. The van der Waals surface area contributed by atoms with E-state index in [9.17, 15) is 0 Å². The Hall–Kier alpha value is -0.720. The van der Waals surface area contributed by atoms with Gasteiger partial charge in [-0.3, -0.25) is 4.90 Å². The van der Waals surface area contributed by atoms with E-state index in [1.165, 1.54) is 24.5 Å². The highest BCUT2D eigenvalue weighted by Gasteiger charge is 2.21. The molecular formula is C13H25N5S. The molecule has 6 heteroatoms. The summed E-state index contributed by atoms with van der Waals surface area (Å²) in [5.74, 6) is 0. The Balaban J connectivity index is 1.97. The van der Waals surface area contributed by atoms with E-state index in [0.29, 0.717) is 6.04 Å². The molecule has 108 valence electrons.